The second-order valence-electron chi connectivity index (χ2n) is 4.45. The fourth-order valence-electron chi connectivity index (χ4n) is 1.65. The third-order valence-corrected chi connectivity index (χ3v) is 3.31. The van der Waals surface area contributed by atoms with Crippen LogP contribution in [0, 0.1) is 5.92 Å². The third-order valence-electron chi connectivity index (χ3n) is 3.31. The molecule has 2 atom stereocenters. The van der Waals surface area contributed by atoms with Gasteiger partial charge in [0.1, 0.15) is 0 Å². The minimum atomic E-state index is -0.742. The number of hydrogen-bond acceptors (Lipinski definition) is 3. The maximum atomic E-state index is 10.9. The van der Waals surface area contributed by atoms with Crippen LogP contribution in [0.25, 0.3) is 0 Å². The standard InChI is InChI=1S/C13H20N2O2/c1-10(13(16)17)11(2)15(3)9-6-12-4-7-14-8-5-12/h4-5,7-8,10-11H,6,9H2,1-3H3,(H,16,17). The van der Waals surface area contributed by atoms with Gasteiger partial charge in [0.2, 0.25) is 0 Å². The lowest BCUT2D eigenvalue weighted by atomic mass is 10.0. The van der Waals surface area contributed by atoms with Crippen LogP contribution in [-0.2, 0) is 11.2 Å². The summed E-state index contributed by atoms with van der Waals surface area (Å²) in [7, 11) is 1.96. The summed E-state index contributed by atoms with van der Waals surface area (Å²) in [6.07, 6.45) is 4.47. The molecule has 4 nitrogen and oxygen atoms in total. The van der Waals surface area contributed by atoms with Gasteiger partial charge in [-0.15, -0.1) is 0 Å². The molecule has 0 saturated heterocycles. The fourth-order valence-corrected chi connectivity index (χ4v) is 1.65. The number of aromatic nitrogens is 1. The summed E-state index contributed by atoms with van der Waals surface area (Å²) in [6, 6.07) is 4.01. The summed E-state index contributed by atoms with van der Waals surface area (Å²) >= 11 is 0. The first-order valence-electron chi connectivity index (χ1n) is 5.84. The highest BCUT2D eigenvalue weighted by molar-refractivity contribution is 5.70. The first kappa shape index (κ1) is 13.6. The lowest BCUT2D eigenvalue weighted by Gasteiger charge is -2.27. The van der Waals surface area contributed by atoms with E-state index in [-0.39, 0.29) is 12.0 Å². The van der Waals surface area contributed by atoms with Crippen LogP contribution < -0.4 is 0 Å². The van der Waals surface area contributed by atoms with Gasteiger partial charge in [-0.3, -0.25) is 9.78 Å². The van der Waals surface area contributed by atoms with Crippen molar-refractivity contribution in [3.8, 4) is 0 Å². The Balaban J connectivity index is 2.44. The van der Waals surface area contributed by atoms with Crippen LogP contribution in [0.3, 0.4) is 0 Å². The van der Waals surface area contributed by atoms with E-state index in [1.165, 1.54) is 5.56 Å². The second-order valence-corrected chi connectivity index (χ2v) is 4.45. The van der Waals surface area contributed by atoms with Crippen LogP contribution in [0.2, 0.25) is 0 Å². The molecule has 0 aliphatic rings. The summed E-state index contributed by atoms with van der Waals surface area (Å²) in [4.78, 5) is 16.9. The van der Waals surface area contributed by atoms with Crippen molar-refractivity contribution < 1.29 is 9.90 Å². The smallest absolute Gasteiger partial charge is 0.307 e. The zero-order chi connectivity index (χ0) is 12.8. The molecule has 0 radical (unpaired) electrons. The van der Waals surface area contributed by atoms with Gasteiger partial charge in [-0.25, -0.2) is 0 Å². The van der Waals surface area contributed by atoms with E-state index >= 15 is 0 Å². The molecule has 4 heteroatoms. The monoisotopic (exact) mass is 236 g/mol. The highest BCUT2D eigenvalue weighted by atomic mass is 16.4. The largest absolute Gasteiger partial charge is 0.481 e. The lowest BCUT2D eigenvalue weighted by molar-refractivity contribution is -0.143. The molecule has 0 aliphatic carbocycles. The zero-order valence-corrected chi connectivity index (χ0v) is 10.6. The van der Waals surface area contributed by atoms with Crippen LogP contribution in [-0.4, -0.2) is 40.6 Å². The molecule has 1 rings (SSSR count). The van der Waals surface area contributed by atoms with Crippen molar-refractivity contribution in [2.75, 3.05) is 13.6 Å². The van der Waals surface area contributed by atoms with Gasteiger partial charge in [0.15, 0.2) is 0 Å². The van der Waals surface area contributed by atoms with Crippen LogP contribution in [0.4, 0.5) is 0 Å². The van der Waals surface area contributed by atoms with Crippen LogP contribution in [0.5, 0.6) is 0 Å². The Morgan fingerprint density at radius 3 is 2.53 bits per heavy atom. The average molecular weight is 236 g/mol. The predicted octanol–water partition coefficient (Wildman–Crippen LogP) is 1.67. The number of hydrogen-bond donors (Lipinski definition) is 1. The van der Waals surface area contributed by atoms with Crippen LogP contribution in [0.15, 0.2) is 24.5 Å². The Morgan fingerprint density at radius 2 is 2.00 bits per heavy atom. The molecular weight excluding hydrogens is 216 g/mol. The number of aliphatic carboxylic acids is 1. The minimum Gasteiger partial charge on any atom is -0.481 e. The Bertz CT molecular complexity index is 354. The van der Waals surface area contributed by atoms with E-state index in [4.69, 9.17) is 5.11 Å². The molecule has 1 aromatic heterocycles. The quantitative estimate of drug-likeness (QED) is 0.816. The van der Waals surface area contributed by atoms with E-state index in [1.54, 1.807) is 19.3 Å². The maximum Gasteiger partial charge on any atom is 0.307 e. The number of likely N-dealkylation sites (N-methyl/N-ethyl adjacent to an activating group) is 1. The number of nitrogens with zero attached hydrogens (tertiary/aromatic N) is 2. The average Bonchev–Trinajstić information content (AvgIpc) is 2.35. The highest BCUT2D eigenvalue weighted by Crippen LogP contribution is 2.10. The molecule has 0 fully saturated rings. The number of carboxylic acid groups (broad SMARTS) is 1. The normalized spacial score (nSPS) is 14.6. The van der Waals surface area contributed by atoms with Crippen molar-refractivity contribution in [2.45, 2.75) is 26.3 Å². The Kier molecular flexibility index (Phi) is 5.10. The number of rotatable bonds is 6. The molecule has 94 valence electrons. The van der Waals surface area contributed by atoms with Crippen LogP contribution in [0.1, 0.15) is 19.4 Å². The van der Waals surface area contributed by atoms with Crippen molar-refractivity contribution in [3.63, 3.8) is 0 Å². The molecule has 1 aromatic rings. The first-order valence-corrected chi connectivity index (χ1v) is 5.84. The van der Waals surface area contributed by atoms with E-state index in [9.17, 15) is 4.79 Å². The van der Waals surface area contributed by atoms with Crippen molar-refractivity contribution in [3.05, 3.63) is 30.1 Å². The fraction of sp³-hybridized carbons (Fsp3) is 0.538. The third kappa shape index (κ3) is 4.15. The molecule has 0 saturated carbocycles. The minimum absolute atomic E-state index is 0.0364. The molecule has 17 heavy (non-hydrogen) atoms. The van der Waals surface area contributed by atoms with Gasteiger partial charge in [0.25, 0.3) is 0 Å². The molecule has 0 spiro atoms. The van der Waals surface area contributed by atoms with Crippen molar-refractivity contribution in [1.29, 1.82) is 0 Å². The van der Waals surface area contributed by atoms with E-state index in [0.29, 0.717) is 0 Å². The summed E-state index contributed by atoms with van der Waals surface area (Å²) in [5, 5.41) is 8.95. The topological polar surface area (TPSA) is 53.4 Å². The molecule has 1 N–H and O–H groups in total. The summed E-state index contributed by atoms with van der Waals surface area (Å²) in [5.41, 5.74) is 1.22. The van der Waals surface area contributed by atoms with Gasteiger partial charge in [0.05, 0.1) is 5.92 Å². The van der Waals surface area contributed by atoms with Gasteiger partial charge in [-0.05, 0) is 38.1 Å². The predicted molar refractivity (Wildman–Crippen MR) is 66.8 cm³/mol. The summed E-state index contributed by atoms with van der Waals surface area (Å²) in [5.74, 6) is -1.09. The summed E-state index contributed by atoms with van der Waals surface area (Å²) < 4.78 is 0. The van der Waals surface area contributed by atoms with E-state index < -0.39 is 5.97 Å². The second kappa shape index (κ2) is 6.35. The zero-order valence-electron chi connectivity index (χ0n) is 10.6. The van der Waals surface area contributed by atoms with Gasteiger partial charge in [-0.1, -0.05) is 6.92 Å². The molecule has 0 aliphatic heterocycles. The number of carbonyl (C=O) groups is 1. The van der Waals surface area contributed by atoms with E-state index in [0.717, 1.165) is 13.0 Å². The molecule has 0 amide bonds. The SMILES string of the molecule is CC(C(=O)O)C(C)N(C)CCc1ccncc1. The Hall–Kier alpha value is -1.42. The Labute approximate surface area is 102 Å². The van der Waals surface area contributed by atoms with Crippen LogP contribution >= 0.6 is 0 Å². The molecule has 0 aromatic carbocycles. The lowest BCUT2D eigenvalue weighted by Crippen LogP contribution is -2.38. The van der Waals surface area contributed by atoms with Gasteiger partial charge in [-0.2, -0.15) is 0 Å². The summed E-state index contributed by atoms with van der Waals surface area (Å²) in [6.45, 7) is 4.55. The molecule has 2 unspecified atom stereocenters. The maximum absolute atomic E-state index is 10.9. The van der Waals surface area contributed by atoms with E-state index in [2.05, 4.69) is 9.88 Å². The van der Waals surface area contributed by atoms with E-state index in [1.807, 2.05) is 26.1 Å². The molecular formula is C13H20N2O2. The van der Waals surface area contributed by atoms with Crippen molar-refractivity contribution >= 4 is 5.97 Å². The van der Waals surface area contributed by atoms with Crippen molar-refractivity contribution in [1.82, 2.24) is 9.88 Å². The molecule has 0 bridgehead atoms. The highest BCUT2D eigenvalue weighted by Gasteiger charge is 2.22. The first-order chi connectivity index (χ1) is 8.02. The van der Waals surface area contributed by atoms with Crippen molar-refractivity contribution in [2.24, 2.45) is 5.92 Å². The molecule has 1 heterocycles. The van der Waals surface area contributed by atoms with Gasteiger partial charge in [0, 0.05) is 25.0 Å². The van der Waals surface area contributed by atoms with Gasteiger partial charge >= 0.3 is 5.97 Å². The van der Waals surface area contributed by atoms with Gasteiger partial charge < -0.3 is 10.0 Å². The number of carboxylic acids is 1. The Morgan fingerprint density at radius 1 is 1.41 bits per heavy atom. The number of pyridine rings is 1.